The molecule has 23 heavy (non-hydrogen) atoms. The van der Waals surface area contributed by atoms with Crippen molar-refractivity contribution in [3.63, 3.8) is 0 Å². The minimum atomic E-state index is -4.43. The number of benzene rings is 1. The van der Waals surface area contributed by atoms with Crippen molar-refractivity contribution in [3.05, 3.63) is 29.8 Å². The highest BCUT2D eigenvalue weighted by Crippen LogP contribution is 2.15. The van der Waals surface area contributed by atoms with Crippen LogP contribution in [0, 0.1) is 0 Å². The van der Waals surface area contributed by atoms with E-state index >= 15 is 0 Å². The summed E-state index contributed by atoms with van der Waals surface area (Å²) in [4.78, 5) is 15.8. The van der Waals surface area contributed by atoms with Crippen molar-refractivity contribution in [1.82, 2.24) is 4.90 Å². The van der Waals surface area contributed by atoms with Crippen LogP contribution >= 0.6 is 24.0 Å². The van der Waals surface area contributed by atoms with Crippen LogP contribution in [0.4, 0.5) is 18.9 Å². The Bertz CT molecular complexity index is 549. The molecule has 1 rings (SSSR count). The molecule has 1 aromatic rings. The molecule has 0 heterocycles. The number of rotatable bonds is 5. The fourth-order valence-corrected chi connectivity index (χ4v) is 1.69. The highest BCUT2D eigenvalue weighted by molar-refractivity contribution is 14.0. The largest absolute Gasteiger partial charge is 0.406 e. The van der Waals surface area contributed by atoms with E-state index in [2.05, 4.69) is 10.3 Å². The second kappa shape index (κ2) is 9.58. The van der Waals surface area contributed by atoms with E-state index in [1.807, 2.05) is 25.1 Å². The molecule has 0 bridgehead atoms. The lowest BCUT2D eigenvalue weighted by molar-refractivity contribution is -0.157. The number of hydrogen-bond acceptors (Lipinski definition) is 2. The molecule has 1 aromatic carbocycles. The molecule has 0 saturated carbocycles. The molecule has 0 spiro atoms. The van der Waals surface area contributed by atoms with E-state index in [1.165, 1.54) is 0 Å². The van der Waals surface area contributed by atoms with Gasteiger partial charge in [-0.1, -0.05) is 19.1 Å². The number of aryl methyl sites for hydroxylation is 1. The predicted octanol–water partition coefficient (Wildman–Crippen LogP) is 2.61. The van der Waals surface area contributed by atoms with Crippen LogP contribution in [-0.4, -0.2) is 43.1 Å². The van der Waals surface area contributed by atoms with Gasteiger partial charge in [-0.15, -0.1) is 24.0 Å². The number of halogens is 4. The molecule has 0 aliphatic heterocycles. The van der Waals surface area contributed by atoms with Crippen LogP contribution < -0.4 is 11.1 Å². The van der Waals surface area contributed by atoms with E-state index in [0.29, 0.717) is 10.6 Å². The summed E-state index contributed by atoms with van der Waals surface area (Å²) in [6, 6.07) is 7.45. The second-order valence-corrected chi connectivity index (χ2v) is 4.75. The third-order valence-electron chi connectivity index (χ3n) is 2.83. The zero-order valence-corrected chi connectivity index (χ0v) is 15.2. The van der Waals surface area contributed by atoms with E-state index in [4.69, 9.17) is 5.73 Å². The molecule has 1 amide bonds. The van der Waals surface area contributed by atoms with Gasteiger partial charge in [0, 0.05) is 12.7 Å². The van der Waals surface area contributed by atoms with Crippen LogP contribution in [0.2, 0.25) is 0 Å². The first kappa shape index (κ1) is 21.5. The molecule has 0 aliphatic carbocycles. The molecule has 3 N–H and O–H groups in total. The standard InChI is InChI=1S/C14H19F3N4O.HI/c1-3-10-5-4-6-11(7-10)20-13(18)19-8-12(22)21(2)9-14(15,16)17;/h4-7H,3,8-9H2,1-2H3,(H3,18,19,20);1H. The van der Waals surface area contributed by atoms with Gasteiger partial charge < -0.3 is 16.0 Å². The van der Waals surface area contributed by atoms with E-state index in [1.54, 1.807) is 6.07 Å². The normalized spacial score (nSPS) is 11.6. The van der Waals surface area contributed by atoms with Crippen LogP contribution in [-0.2, 0) is 11.2 Å². The van der Waals surface area contributed by atoms with E-state index < -0.39 is 25.2 Å². The lowest BCUT2D eigenvalue weighted by atomic mass is 10.1. The van der Waals surface area contributed by atoms with Gasteiger partial charge in [0.2, 0.25) is 5.91 Å². The third-order valence-corrected chi connectivity index (χ3v) is 2.83. The predicted molar refractivity (Wildman–Crippen MR) is 95.0 cm³/mol. The number of carbonyl (C=O) groups is 1. The Kier molecular flexibility index (Phi) is 8.95. The molecule has 0 saturated heterocycles. The van der Waals surface area contributed by atoms with E-state index in [-0.39, 0.29) is 29.9 Å². The Balaban J connectivity index is 0.00000484. The van der Waals surface area contributed by atoms with Crippen LogP contribution in [0.15, 0.2) is 29.3 Å². The van der Waals surface area contributed by atoms with E-state index in [0.717, 1.165) is 19.0 Å². The number of nitrogens with zero attached hydrogens (tertiary/aromatic N) is 2. The zero-order chi connectivity index (χ0) is 16.8. The molecular formula is C14H20F3IN4O. The number of anilines is 1. The summed E-state index contributed by atoms with van der Waals surface area (Å²) < 4.78 is 36.5. The van der Waals surface area contributed by atoms with Crippen molar-refractivity contribution in [2.45, 2.75) is 19.5 Å². The molecule has 0 atom stereocenters. The van der Waals surface area contributed by atoms with Crippen LogP contribution in [0.5, 0.6) is 0 Å². The number of nitrogens with one attached hydrogen (secondary N) is 1. The second-order valence-electron chi connectivity index (χ2n) is 4.75. The van der Waals surface area contributed by atoms with Crippen molar-refractivity contribution in [2.75, 3.05) is 25.5 Å². The van der Waals surface area contributed by atoms with Crippen LogP contribution in [0.3, 0.4) is 0 Å². The molecule has 130 valence electrons. The summed E-state index contributed by atoms with van der Waals surface area (Å²) in [7, 11) is 1.07. The molecule has 5 nitrogen and oxygen atoms in total. The Morgan fingerprint density at radius 2 is 2.04 bits per heavy atom. The van der Waals surface area contributed by atoms with Gasteiger partial charge in [0.1, 0.15) is 13.1 Å². The Hall–Kier alpha value is -1.52. The lowest BCUT2D eigenvalue weighted by Gasteiger charge is -2.18. The SMILES string of the molecule is CCc1cccc(NC(N)=NCC(=O)N(C)CC(F)(F)F)c1.I. The molecular weight excluding hydrogens is 424 g/mol. The number of likely N-dealkylation sites (N-methyl/N-ethyl adjacent to an activating group) is 1. The number of amides is 1. The van der Waals surface area contributed by atoms with Crippen molar-refractivity contribution >= 4 is 41.5 Å². The molecule has 0 aromatic heterocycles. The average Bonchev–Trinajstić information content (AvgIpc) is 2.43. The monoisotopic (exact) mass is 444 g/mol. The van der Waals surface area contributed by atoms with Crippen molar-refractivity contribution in [1.29, 1.82) is 0 Å². The van der Waals surface area contributed by atoms with Gasteiger partial charge in [0.15, 0.2) is 5.96 Å². The van der Waals surface area contributed by atoms with Gasteiger partial charge in [-0.05, 0) is 24.1 Å². The van der Waals surface area contributed by atoms with Gasteiger partial charge in [-0.3, -0.25) is 4.79 Å². The maximum absolute atomic E-state index is 12.2. The number of carbonyl (C=O) groups excluding carboxylic acids is 1. The van der Waals surface area contributed by atoms with Gasteiger partial charge in [0.05, 0.1) is 0 Å². The fraction of sp³-hybridized carbons (Fsp3) is 0.429. The van der Waals surface area contributed by atoms with Gasteiger partial charge >= 0.3 is 6.18 Å². The minimum Gasteiger partial charge on any atom is -0.370 e. The van der Waals surface area contributed by atoms with Gasteiger partial charge in [-0.25, -0.2) is 4.99 Å². The van der Waals surface area contributed by atoms with Crippen LogP contribution in [0.25, 0.3) is 0 Å². The number of nitrogens with two attached hydrogens (primary N) is 1. The number of aliphatic imine (C=N–C) groups is 1. The molecule has 0 unspecified atom stereocenters. The zero-order valence-electron chi connectivity index (χ0n) is 12.9. The average molecular weight is 444 g/mol. The molecule has 9 heteroatoms. The molecule has 0 radical (unpaired) electrons. The fourth-order valence-electron chi connectivity index (χ4n) is 1.69. The highest BCUT2D eigenvalue weighted by Gasteiger charge is 2.30. The summed E-state index contributed by atoms with van der Waals surface area (Å²) in [5, 5.41) is 2.79. The molecule has 0 aliphatic rings. The Morgan fingerprint density at radius 1 is 1.39 bits per heavy atom. The first-order valence-corrected chi connectivity index (χ1v) is 6.68. The highest BCUT2D eigenvalue weighted by atomic mass is 127. The lowest BCUT2D eigenvalue weighted by Crippen LogP contribution is -2.37. The summed E-state index contributed by atoms with van der Waals surface area (Å²) in [6.45, 7) is 0.248. The third kappa shape index (κ3) is 8.62. The summed E-state index contributed by atoms with van der Waals surface area (Å²) >= 11 is 0. The first-order valence-electron chi connectivity index (χ1n) is 6.68. The Morgan fingerprint density at radius 3 is 2.61 bits per heavy atom. The Labute approximate surface area is 150 Å². The number of guanidine groups is 1. The smallest absolute Gasteiger partial charge is 0.370 e. The van der Waals surface area contributed by atoms with E-state index in [9.17, 15) is 18.0 Å². The number of alkyl halides is 3. The van der Waals surface area contributed by atoms with Crippen molar-refractivity contribution in [3.8, 4) is 0 Å². The summed E-state index contributed by atoms with van der Waals surface area (Å²) in [6.07, 6.45) is -3.58. The first-order chi connectivity index (χ1) is 10.2. The molecule has 0 fully saturated rings. The van der Waals surface area contributed by atoms with Gasteiger partial charge in [-0.2, -0.15) is 13.2 Å². The quantitative estimate of drug-likeness (QED) is 0.417. The summed E-state index contributed by atoms with van der Waals surface area (Å²) in [5.74, 6) is -0.786. The topological polar surface area (TPSA) is 70.7 Å². The number of hydrogen-bond donors (Lipinski definition) is 2. The maximum Gasteiger partial charge on any atom is 0.406 e. The maximum atomic E-state index is 12.2. The van der Waals surface area contributed by atoms with Crippen molar-refractivity contribution < 1.29 is 18.0 Å². The van der Waals surface area contributed by atoms with Crippen molar-refractivity contribution in [2.24, 2.45) is 10.7 Å². The minimum absolute atomic E-state index is 0. The summed E-state index contributed by atoms with van der Waals surface area (Å²) in [5.41, 5.74) is 7.42. The van der Waals surface area contributed by atoms with Gasteiger partial charge in [0.25, 0.3) is 0 Å². The van der Waals surface area contributed by atoms with Crippen LogP contribution in [0.1, 0.15) is 12.5 Å².